The van der Waals surface area contributed by atoms with E-state index < -0.39 is 0 Å². The largest absolute Gasteiger partial charge is 0.496 e. The van der Waals surface area contributed by atoms with Crippen LogP contribution in [0, 0.1) is 0 Å². The van der Waals surface area contributed by atoms with Crippen LogP contribution in [0.1, 0.15) is 18.1 Å². The zero-order valence-corrected chi connectivity index (χ0v) is 15.3. The lowest BCUT2D eigenvalue weighted by Crippen LogP contribution is -2.38. The van der Waals surface area contributed by atoms with Crippen molar-refractivity contribution < 1.29 is 9.47 Å². The van der Waals surface area contributed by atoms with Crippen LogP contribution in [0.2, 0.25) is 0 Å². The van der Waals surface area contributed by atoms with E-state index in [9.17, 15) is 0 Å². The minimum absolute atomic E-state index is 0.496. The van der Waals surface area contributed by atoms with Gasteiger partial charge in [0.15, 0.2) is 5.96 Å². The number of benzene rings is 1. The Morgan fingerprint density at radius 3 is 2.60 bits per heavy atom. The van der Waals surface area contributed by atoms with Crippen molar-refractivity contribution in [1.82, 2.24) is 15.2 Å². The van der Waals surface area contributed by atoms with Gasteiger partial charge in [0.2, 0.25) is 5.88 Å². The summed E-state index contributed by atoms with van der Waals surface area (Å²) in [5.41, 5.74) is 2.06. The summed E-state index contributed by atoms with van der Waals surface area (Å²) < 4.78 is 10.7. The summed E-state index contributed by atoms with van der Waals surface area (Å²) in [7, 11) is 5.32. The molecule has 0 unspecified atom stereocenters. The summed E-state index contributed by atoms with van der Waals surface area (Å²) in [6.07, 6.45) is 1.71. The van der Waals surface area contributed by atoms with E-state index in [0.717, 1.165) is 29.4 Å². The molecule has 6 heteroatoms. The molecule has 2 rings (SSSR count). The number of hydrogen-bond donors (Lipinski definition) is 1. The molecule has 134 valence electrons. The predicted octanol–water partition coefficient (Wildman–Crippen LogP) is 2.70. The van der Waals surface area contributed by atoms with Crippen LogP contribution in [-0.2, 0) is 13.1 Å². The molecule has 0 aliphatic heterocycles. The molecule has 0 bridgehead atoms. The molecule has 6 nitrogen and oxygen atoms in total. The molecule has 0 radical (unpaired) electrons. The fourth-order valence-electron chi connectivity index (χ4n) is 2.52. The van der Waals surface area contributed by atoms with Crippen LogP contribution < -0.4 is 14.8 Å². The van der Waals surface area contributed by atoms with Crippen molar-refractivity contribution >= 4 is 5.96 Å². The van der Waals surface area contributed by atoms with Gasteiger partial charge in [0.1, 0.15) is 5.75 Å². The number of para-hydroxylation sites is 1. The molecule has 1 N–H and O–H groups in total. The molecule has 1 aromatic carbocycles. The standard InChI is InChI=1S/C19H26N4O2/c1-5-20-19(22-13-15-10-8-12-21-18(15)25-4)23(2)14-16-9-6-7-11-17(16)24-3/h6-12H,5,13-14H2,1-4H3,(H,20,22). The van der Waals surface area contributed by atoms with E-state index in [1.165, 1.54) is 0 Å². The fourth-order valence-corrected chi connectivity index (χ4v) is 2.52. The summed E-state index contributed by atoms with van der Waals surface area (Å²) in [4.78, 5) is 11.0. The molecule has 2 aromatic rings. The van der Waals surface area contributed by atoms with E-state index in [-0.39, 0.29) is 0 Å². The van der Waals surface area contributed by atoms with E-state index in [4.69, 9.17) is 14.5 Å². The number of aromatic nitrogens is 1. The predicted molar refractivity (Wildman–Crippen MR) is 100 cm³/mol. The second-order valence-electron chi connectivity index (χ2n) is 5.51. The van der Waals surface area contributed by atoms with Gasteiger partial charge in [-0.3, -0.25) is 0 Å². The van der Waals surface area contributed by atoms with Crippen LogP contribution in [0.25, 0.3) is 0 Å². The van der Waals surface area contributed by atoms with Crippen molar-refractivity contribution in [2.24, 2.45) is 4.99 Å². The van der Waals surface area contributed by atoms with E-state index >= 15 is 0 Å². The third-order valence-corrected chi connectivity index (χ3v) is 3.74. The topological polar surface area (TPSA) is 59.0 Å². The highest BCUT2D eigenvalue weighted by Crippen LogP contribution is 2.19. The Morgan fingerprint density at radius 2 is 1.88 bits per heavy atom. The molecule has 0 spiro atoms. The Morgan fingerprint density at radius 1 is 1.12 bits per heavy atom. The number of nitrogens with one attached hydrogen (secondary N) is 1. The molecule has 0 saturated heterocycles. The molecule has 1 heterocycles. The summed E-state index contributed by atoms with van der Waals surface area (Å²) in [6, 6.07) is 11.9. The highest BCUT2D eigenvalue weighted by atomic mass is 16.5. The third kappa shape index (κ3) is 5.11. The molecule has 25 heavy (non-hydrogen) atoms. The summed E-state index contributed by atoms with van der Waals surface area (Å²) in [6.45, 7) is 4.03. The quantitative estimate of drug-likeness (QED) is 0.619. The van der Waals surface area contributed by atoms with Crippen LogP contribution in [0.15, 0.2) is 47.6 Å². The molecule has 0 atom stereocenters. The van der Waals surface area contributed by atoms with Crippen LogP contribution in [-0.4, -0.2) is 43.7 Å². The molecule has 0 aliphatic rings. The number of pyridine rings is 1. The number of nitrogens with zero attached hydrogens (tertiary/aromatic N) is 3. The minimum atomic E-state index is 0.496. The second-order valence-corrected chi connectivity index (χ2v) is 5.51. The lowest BCUT2D eigenvalue weighted by molar-refractivity contribution is 0.391. The van der Waals surface area contributed by atoms with Gasteiger partial charge in [0.05, 0.1) is 20.8 Å². The second kappa shape index (κ2) is 9.52. The van der Waals surface area contributed by atoms with Gasteiger partial charge in [0, 0.05) is 37.5 Å². The van der Waals surface area contributed by atoms with Crippen LogP contribution in [0.3, 0.4) is 0 Å². The molecule has 0 amide bonds. The minimum Gasteiger partial charge on any atom is -0.496 e. The maximum absolute atomic E-state index is 5.43. The Bertz CT molecular complexity index is 703. The maximum atomic E-state index is 5.43. The molecule has 0 saturated carbocycles. The monoisotopic (exact) mass is 342 g/mol. The van der Waals surface area contributed by atoms with E-state index in [1.54, 1.807) is 20.4 Å². The zero-order chi connectivity index (χ0) is 18.1. The first-order chi connectivity index (χ1) is 12.2. The van der Waals surface area contributed by atoms with Crippen molar-refractivity contribution in [1.29, 1.82) is 0 Å². The lowest BCUT2D eigenvalue weighted by Gasteiger charge is -2.23. The van der Waals surface area contributed by atoms with Gasteiger partial charge < -0.3 is 19.7 Å². The molecule has 0 fully saturated rings. The van der Waals surface area contributed by atoms with E-state index in [1.807, 2.05) is 37.4 Å². The maximum Gasteiger partial charge on any atom is 0.218 e. The smallest absolute Gasteiger partial charge is 0.218 e. The van der Waals surface area contributed by atoms with Gasteiger partial charge in [-0.15, -0.1) is 0 Å². The molecular formula is C19H26N4O2. The normalized spacial score (nSPS) is 11.1. The first-order valence-electron chi connectivity index (χ1n) is 8.28. The first kappa shape index (κ1) is 18.6. The Kier molecular flexibility index (Phi) is 7.07. The third-order valence-electron chi connectivity index (χ3n) is 3.74. The Balaban J connectivity index is 2.15. The number of guanidine groups is 1. The number of methoxy groups -OCH3 is 2. The molecular weight excluding hydrogens is 316 g/mol. The van der Waals surface area contributed by atoms with E-state index in [0.29, 0.717) is 19.0 Å². The van der Waals surface area contributed by atoms with Gasteiger partial charge >= 0.3 is 0 Å². The highest BCUT2D eigenvalue weighted by Gasteiger charge is 2.10. The SMILES string of the molecule is CCNC(=NCc1cccnc1OC)N(C)Cc1ccccc1OC. The molecule has 1 aromatic heterocycles. The van der Waals surface area contributed by atoms with Crippen LogP contribution >= 0.6 is 0 Å². The number of rotatable bonds is 7. The van der Waals surface area contributed by atoms with Gasteiger partial charge in [-0.05, 0) is 19.1 Å². The summed E-state index contributed by atoms with van der Waals surface area (Å²) in [5, 5.41) is 3.32. The summed E-state index contributed by atoms with van der Waals surface area (Å²) >= 11 is 0. The molecule has 0 aliphatic carbocycles. The first-order valence-corrected chi connectivity index (χ1v) is 8.28. The average molecular weight is 342 g/mol. The lowest BCUT2D eigenvalue weighted by atomic mass is 10.2. The number of aliphatic imine (C=N–C) groups is 1. The average Bonchev–Trinajstić information content (AvgIpc) is 2.65. The van der Waals surface area contributed by atoms with Crippen molar-refractivity contribution in [2.45, 2.75) is 20.0 Å². The fraction of sp³-hybridized carbons (Fsp3) is 0.368. The van der Waals surface area contributed by atoms with E-state index in [2.05, 4.69) is 28.2 Å². The van der Waals surface area contributed by atoms with Crippen molar-refractivity contribution in [3.63, 3.8) is 0 Å². The summed E-state index contributed by atoms with van der Waals surface area (Å²) in [5.74, 6) is 2.30. The van der Waals surface area contributed by atoms with Crippen LogP contribution in [0.4, 0.5) is 0 Å². The Hall–Kier alpha value is -2.76. The van der Waals surface area contributed by atoms with Crippen molar-refractivity contribution in [3.8, 4) is 11.6 Å². The van der Waals surface area contributed by atoms with Gasteiger partial charge in [0.25, 0.3) is 0 Å². The van der Waals surface area contributed by atoms with Crippen molar-refractivity contribution in [3.05, 3.63) is 53.7 Å². The number of ether oxygens (including phenoxy) is 2. The Labute approximate surface area is 149 Å². The zero-order valence-electron chi connectivity index (χ0n) is 15.3. The van der Waals surface area contributed by atoms with Gasteiger partial charge in [-0.1, -0.05) is 24.3 Å². The van der Waals surface area contributed by atoms with Crippen molar-refractivity contribution in [2.75, 3.05) is 27.8 Å². The van der Waals surface area contributed by atoms with Gasteiger partial charge in [-0.2, -0.15) is 0 Å². The van der Waals surface area contributed by atoms with Crippen LogP contribution in [0.5, 0.6) is 11.6 Å². The van der Waals surface area contributed by atoms with Gasteiger partial charge in [-0.25, -0.2) is 9.98 Å². The highest BCUT2D eigenvalue weighted by molar-refractivity contribution is 5.79. The number of hydrogen-bond acceptors (Lipinski definition) is 4.